The van der Waals surface area contributed by atoms with Crippen molar-refractivity contribution < 1.29 is 19.0 Å². The number of hydrogen-bond donors (Lipinski definition) is 2. The van der Waals surface area contributed by atoms with Crippen LogP contribution in [0.3, 0.4) is 0 Å². The number of aliphatic hydroxyl groups excluding tert-OH is 1. The molecule has 3 aliphatic rings. The van der Waals surface area contributed by atoms with Gasteiger partial charge in [-0.3, -0.25) is 0 Å². The highest BCUT2D eigenvalue weighted by atomic mass is 19.3. The average molecular weight is 312 g/mol. The standard InChI is InChI=1S/C19H14F2O2/c20-19(21)9-18-15-8-13(23)2-1-10(15)6-16-14-4-3-12(22)5-11(14)7-17(16)18/h1-5,8-10,22-23H,6-7H2. The monoisotopic (exact) mass is 312 g/mol. The first kappa shape index (κ1) is 14.0. The fourth-order valence-electron chi connectivity index (χ4n) is 3.73. The Morgan fingerprint density at radius 3 is 2.78 bits per heavy atom. The van der Waals surface area contributed by atoms with Gasteiger partial charge in [-0.25, -0.2) is 0 Å². The zero-order valence-electron chi connectivity index (χ0n) is 12.2. The Hall–Kier alpha value is -2.62. The molecule has 23 heavy (non-hydrogen) atoms. The number of hydrogen-bond acceptors (Lipinski definition) is 2. The van der Waals surface area contributed by atoms with Crippen molar-refractivity contribution in [2.75, 3.05) is 0 Å². The lowest BCUT2D eigenvalue weighted by molar-refractivity contribution is 0.420. The predicted octanol–water partition coefficient (Wildman–Crippen LogP) is 4.81. The summed E-state index contributed by atoms with van der Waals surface area (Å²) in [5.41, 5.74) is 5.12. The van der Waals surface area contributed by atoms with Gasteiger partial charge in [0.2, 0.25) is 0 Å². The lowest BCUT2D eigenvalue weighted by atomic mass is 9.76. The van der Waals surface area contributed by atoms with E-state index in [-0.39, 0.29) is 17.4 Å². The summed E-state index contributed by atoms with van der Waals surface area (Å²) in [5, 5.41) is 19.4. The minimum atomic E-state index is -1.75. The zero-order valence-corrected chi connectivity index (χ0v) is 12.2. The van der Waals surface area contributed by atoms with Crippen LogP contribution in [0.4, 0.5) is 8.78 Å². The van der Waals surface area contributed by atoms with Gasteiger partial charge < -0.3 is 10.2 Å². The maximum absolute atomic E-state index is 13.0. The Morgan fingerprint density at radius 2 is 2.00 bits per heavy atom. The van der Waals surface area contributed by atoms with Gasteiger partial charge in [0, 0.05) is 12.0 Å². The molecule has 2 nitrogen and oxygen atoms in total. The summed E-state index contributed by atoms with van der Waals surface area (Å²) < 4.78 is 26.0. The van der Waals surface area contributed by atoms with E-state index in [2.05, 4.69) is 0 Å². The highest BCUT2D eigenvalue weighted by molar-refractivity contribution is 5.84. The third-order valence-corrected chi connectivity index (χ3v) is 4.66. The molecule has 1 unspecified atom stereocenters. The minimum absolute atomic E-state index is 0.0185. The van der Waals surface area contributed by atoms with Crippen LogP contribution in [-0.2, 0) is 6.42 Å². The number of fused-ring (bicyclic) bond motifs is 3. The van der Waals surface area contributed by atoms with Gasteiger partial charge in [-0.2, -0.15) is 8.78 Å². The molecule has 0 aliphatic heterocycles. The number of phenolic OH excluding ortho intramolecular Hbond substituents is 1. The quantitative estimate of drug-likeness (QED) is 0.781. The lowest BCUT2D eigenvalue weighted by Gasteiger charge is -2.28. The van der Waals surface area contributed by atoms with Crippen molar-refractivity contribution in [1.29, 1.82) is 0 Å². The fraction of sp³-hybridized carbons (Fsp3) is 0.158. The number of aromatic hydroxyl groups is 1. The summed E-state index contributed by atoms with van der Waals surface area (Å²) in [6.07, 6.45) is 5.42. The number of benzene rings is 1. The van der Waals surface area contributed by atoms with Crippen LogP contribution in [0.2, 0.25) is 0 Å². The summed E-state index contributed by atoms with van der Waals surface area (Å²) in [7, 11) is 0. The molecule has 1 aromatic rings. The molecule has 0 fully saturated rings. The van der Waals surface area contributed by atoms with Crippen LogP contribution in [0.25, 0.3) is 5.57 Å². The molecule has 0 aromatic heterocycles. The molecule has 4 heteroatoms. The number of allylic oxidation sites excluding steroid dienone is 8. The third kappa shape index (κ3) is 2.22. The highest BCUT2D eigenvalue weighted by Crippen LogP contribution is 2.49. The van der Waals surface area contributed by atoms with Gasteiger partial charge in [0.25, 0.3) is 6.08 Å². The first-order chi connectivity index (χ1) is 11.0. The molecule has 0 saturated carbocycles. The Bertz CT molecular complexity index is 865. The van der Waals surface area contributed by atoms with Crippen molar-refractivity contribution in [2.45, 2.75) is 12.8 Å². The van der Waals surface area contributed by atoms with Crippen LogP contribution >= 0.6 is 0 Å². The summed E-state index contributed by atoms with van der Waals surface area (Å²) in [5.74, 6) is 0.244. The first-order valence-corrected chi connectivity index (χ1v) is 7.43. The fourth-order valence-corrected chi connectivity index (χ4v) is 3.73. The van der Waals surface area contributed by atoms with E-state index in [4.69, 9.17) is 0 Å². The van der Waals surface area contributed by atoms with Crippen molar-refractivity contribution in [3.05, 3.63) is 82.2 Å². The molecule has 0 radical (unpaired) electrons. The van der Waals surface area contributed by atoms with Crippen molar-refractivity contribution in [3.63, 3.8) is 0 Å². The van der Waals surface area contributed by atoms with E-state index >= 15 is 0 Å². The second kappa shape index (κ2) is 4.95. The molecule has 3 aliphatic carbocycles. The molecular weight excluding hydrogens is 298 g/mol. The highest BCUT2D eigenvalue weighted by Gasteiger charge is 2.33. The molecule has 0 amide bonds. The van der Waals surface area contributed by atoms with Gasteiger partial charge >= 0.3 is 0 Å². The SMILES string of the molecule is OC1=CC2=C(C=C(F)F)C3=C(CC2C=C1)c1ccc(O)cc1C3. The van der Waals surface area contributed by atoms with E-state index in [0.717, 1.165) is 33.9 Å². The Kier molecular flexibility index (Phi) is 3.01. The van der Waals surface area contributed by atoms with Crippen LogP contribution in [0.5, 0.6) is 5.75 Å². The van der Waals surface area contributed by atoms with E-state index in [1.54, 1.807) is 24.3 Å². The summed E-state index contributed by atoms with van der Waals surface area (Å²) in [6.45, 7) is 0. The number of phenols is 1. The molecule has 2 N–H and O–H groups in total. The van der Waals surface area contributed by atoms with Crippen molar-refractivity contribution in [3.8, 4) is 5.75 Å². The summed E-state index contributed by atoms with van der Waals surface area (Å²) >= 11 is 0. The van der Waals surface area contributed by atoms with E-state index in [0.29, 0.717) is 18.4 Å². The maximum atomic E-state index is 13.0. The van der Waals surface area contributed by atoms with Crippen LogP contribution < -0.4 is 0 Å². The van der Waals surface area contributed by atoms with E-state index in [1.165, 1.54) is 0 Å². The normalized spacial score (nSPS) is 21.7. The van der Waals surface area contributed by atoms with Gasteiger partial charge in [0.1, 0.15) is 11.5 Å². The summed E-state index contributed by atoms with van der Waals surface area (Å²) in [4.78, 5) is 0. The predicted molar refractivity (Wildman–Crippen MR) is 84.0 cm³/mol. The molecule has 1 aromatic carbocycles. The Balaban J connectivity index is 1.92. The number of halogens is 2. The van der Waals surface area contributed by atoms with Gasteiger partial charge in [-0.05, 0) is 70.5 Å². The molecule has 116 valence electrons. The van der Waals surface area contributed by atoms with Gasteiger partial charge in [-0.15, -0.1) is 0 Å². The van der Waals surface area contributed by atoms with Gasteiger partial charge in [0.15, 0.2) is 0 Å². The van der Waals surface area contributed by atoms with Crippen LogP contribution in [0.1, 0.15) is 17.5 Å². The largest absolute Gasteiger partial charge is 0.508 e. The van der Waals surface area contributed by atoms with Crippen LogP contribution in [0, 0.1) is 5.92 Å². The molecule has 4 rings (SSSR count). The van der Waals surface area contributed by atoms with Crippen molar-refractivity contribution in [1.82, 2.24) is 0 Å². The molecule has 0 heterocycles. The zero-order chi connectivity index (χ0) is 16.1. The maximum Gasteiger partial charge on any atom is 0.270 e. The van der Waals surface area contributed by atoms with Crippen molar-refractivity contribution in [2.24, 2.45) is 5.92 Å². The molecule has 0 bridgehead atoms. The van der Waals surface area contributed by atoms with E-state index < -0.39 is 6.08 Å². The van der Waals surface area contributed by atoms with Crippen molar-refractivity contribution >= 4 is 5.57 Å². The van der Waals surface area contributed by atoms with Crippen LogP contribution in [-0.4, -0.2) is 10.2 Å². The van der Waals surface area contributed by atoms with E-state index in [1.807, 2.05) is 12.1 Å². The van der Waals surface area contributed by atoms with Crippen LogP contribution in [0.15, 0.2) is 71.1 Å². The van der Waals surface area contributed by atoms with E-state index in [9.17, 15) is 19.0 Å². The summed E-state index contributed by atoms with van der Waals surface area (Å²) in [6, 6.07) is 5.17. The second-order valence-corrected chi connectivity index (χ2v) is 6.02. The molecule has 0 saturated heterocycles. The lowest BCUT2D eigenvalue weighted by Crippen LogP contribution is -2.13. The Morgan fingerprint density at radius 1 is 1.17 bits per heavy atom. The molecule has 1 atom stereocenters. The number of rotatable bonds is 1. The third-order valence-electron chi connectivity index (χ3n) is 4.66. The average Bonchev–Trinajstić information content (AvgIpc) is 2.84. The second-order valence-electron chi connectivity index (χ2n) is 6.02. The van der Waals surface area contributed by atoms with Gasteiger partial charge in [-0.1, -0.05) is 12.1 Å². The molecule has 0 spiro atoms. The smallest absolute Gasteiger partial charge is 0.270 e. The molecular formula is C19H14F2O2. The van der Waals surface area contributed by atoms with Gasteiger partial charge in [0.05, 0.1) is 0 Å². The Labute approximate surface area is 132 Å². The topological polar surface area (TPSA) is 40.5 Å². The number of aliphatic hydroxyl groups is 1. The first-order valence-electron chi connectivity index (χ1n) is 7.43. The minimum Gasteiger partial charge on any atom is -0.508 e.